The first-order valence-corrected chi connectivity index (χ1v) is 9.40. The van der Waals surface area contributed by atoms with Gasteiger partial charge in [-0.2, -0.15) is 0 Å². The monoisotopic (exact) mass is 380 g/mol. The van der Waals surface area contributed by atoms with E-state index in [0.717, 1.165) is 42.5 Å². The Labute approximate surface area is 163 Å². The van der Waals surface area contributed by atoms with Crippen LogP contribution in [0.5, 0.6) is 0 Å². The van der Waals surface area contributed by atoms with E-state index in [1.807, 2.05) is 55.5 Å². The van der Waals surface area contributed by atoms with E-state index < -0.39 is 0 Å². The van der Waals surface area contributed by atoms with Crippen LogP contribution in [0.1, 0.15) is 5.56 Å². The first-order valence-electron chi connectivity index (χ1n) is 9.02. The van der Waals surface area contributed by atoms with E-state index in [1.54, 1.807) is 6.07 Å². The maximum absolute atomic E-state index is 12.2. The van der Waals surface area contributed by atoms with Crippen molar-refractivity contribution in [3.8, 4) is 11.3 Å². The minimum atomic E-state index is -0.129. The number of aromatic nitrogens is 2. The van der Waals surface area contributed by atoms with Gasteiger partial charge < -0.3 is 9.80 Å². The highest BCUT2D eigenvalue weighted by Gasteiger charge is 2.19. The highest BCUT2D eigenvalue weighted by Crippen LogP contribution is 2.22. The maximum Gasteiger partial charge on any atom is 0.252 e. The fourth-order valence-corrected chi connectivity index (χ4v) is 3.42. The van der Waals surface area contributed by atoms with Crippen LogP contribution in [-0.4, -0.2) is 36.1 Å². The van der Waals surface area contributed by atoms with E-state index in [2.05, 4.69) is 14.8 Å². The SMILES string of the molecule is Cc1ccc(-c2cc(=O)[nH]c(N3CCN(c4ccc(Cl)cc4)CC3)n2)cc1. The van der Waals surface area contributed by atoms with E-state index in [1.165, 1.54) is 5.56 Å². The third-order valence-corrected chi connectivity index (χ3v) is 5.10. The minimum absolute atomic E-state index is 0.129. The van der Waals surface area contributed by atoms with Crippen LogP contribution < -0.4 is 15.4 Å². The van der Waals surface area contributed by atoms with E-state index in [9.17, 15) is 4.79 Å². The van der Waals surface area contributed by atoms with Crippen LogP contribution in [0.15, 0.2) is 59.4 Å². The second kappa shape index (κ2) is 7.45. The predicted molar refractivity (Wildman–Crippen MR) is 111 cm³/mol. The van der Waals surface area contributed by atoms with E-state index in [4.69, 9.17) is 16.6 Å². The van der Waals surface area contributed by atoms with Crippen molar-refractivity contribution >= 4 is 23.2 Å². The molecular weight excluding hydrogens is 360 g/mol. The lowest BCUT2D eigenvalue weighted by molar-refractivity contribution is 0.639. The first-order chi connectivity index (χ1) is 13.1. The molecule has 1 N–H and O–H groups in total. The summed E-state index contributed by atoms with van der Waals surface area (Å²) in [7, 11) is 0. The minimum Gasteiger partial charge on any atom is -0.368 e. The van der Waals surface area contributed by atoms with Crippen molar-refractivity contribution in [1.82, 2.24) is 9.97 Å². The van der Waals surface area contributed by atoms with Crippen LogP contribution in [0.4, 0.5) is 11.6 Å². The molecule has 2 aromatic carbocycles. The highest BCUT2D eigenvalue weighted by atomic mass is 35.5. The Kier molecular flexibility index (Phi) is 4.86. The molecule has 3 aromatic rings. The standard InChI is InChI=1S/C21H21ClN4O/c1-15-2-4-16(5-3-15)19-14-20(27)24-21(23-19)26-12-10-25(11-13-26)18-8-6-17(22)7-9-18/h2-9,14H,10-13H2,1H3,(H,23,24,27). The third-order valence-electron chi connectivity index (χ3n) is 4.85. The number of hydrogen-bond acceptors (Lipinski definition) is 4. The van der Waals surface area contributed by atoms with Crippen molar-refractivity contribution in [1.29, 1.82) is 0 Å². The van der Waals surface area contributed by atoms with E-state index in [-0.39, 0.29) is 5.56 Å². The van der Waals surface area contributed by atoms with E-state index >= 15 is 0 Å². The summed E-state index contributed by atoms with van der Waals surface area (Å²) in [6.07, 6.45) is 0. The Morgan fingerprint density at radius 2 is 1.56 bits per heavy atom. The smallest absolute Gasteiger partial charge is 0.252 e. The van der Waals surface area contributed by atoms with Crippen molar-refractivity contribution < 1.29 is 0 Å². The average molecular weight is 381 g/mol. The molecule has 0 unspecified atom stereocenters. The van der Waals surface area contributed by atoms with Crippen molar-refractivity contribution in [2.24, 2.45) is 0 Å². The van der Waals surface area contributed by atoms with Gasteiger partial charge in [-0.1, -0.05) is 41.4 Å². The summed E-state index contributed by atoms with van der Waals surface area (Å²) in [4.78, 5) is 24.2. The first kappa shape index (κ1) is 17.6. The Morgan fingerprint density at radius 1 is 0.926 bits per heavy atom. The summed E-state index contributed by atoms with van der Waals surface area (Å²) in [5.74, 6) is 0.633. The summed E-state index contributed by atoms with van der Waals surface area (Å²) in [6, 6.07) is 17.5. The molecule has 0 bridgehead atoms. The van der Waals surface area contributed by atoms with Crippen LogP contribution in [0, 0.1) is 6.92 Å². The van der Waals surface area contributed by atoms with Gasteiger partial charge in [0.1, 0.15) is 0 Å². The molecule has 138 valence electrons. The number of rotatable bonds is 3. The molecule has 1 saturated heterocycles. The summed E-state index contributed by atoms with van der Waals surface area (Å²) >= 11 is 5.97. The van der Waals surface area contributed by atoms with Gasteiger partial charge in [0.2, 0.25) is 5.95 Å². The zero-order chi connectivity index (χ0) is 18.8. The summed E-state index contributed by atoms with van der Waals surface area (Å²) in [6.45, 7) is 5.35. The normalized spacial score (nSPS) is 14.4. The van der Waals surface area contributed by atoms with Gasteiger partial charge in [-0.25, -0.2) is 4.98 Å². The lowest BCUT2D eigenvalue weighted by atomic mass is 10.1. The lowest BCUT2D eigenvalue weighted by Crippen LogP contribution is -2.47. The number of aromatic amines is 1. The number of nitrogens with one attached hydrogen (secondary N) is 1. The zero-order valence-electron chi connectivity index (χ0n) is 15.2. The molecule has 5 nitrogen and oxygen atoms in total. The number of hydrogen-bond donors (Lipinski definition) is 1. The quantitative estimate of drug-likeness (QED) is 0.752. The fraction of sp³-hybridized carbons (Fsp3) is 0.238. The zero-order valence-corrected chi connectivity index (χ0v) is 15.9. The molecule has 1 aliphatic rings. The van der Waals surface area contributed by atoms with Gasteiger partial charge in [-0.3, -0.25) is 9.78 Å². The number of halogens is 1. The van der Waals surface area contributed by atoms with Crippen LogP contribution in [0.3, 0.4) is 0 Å². The molecule has 0 aliphatic carbocycles. The molecule has 1 aliphatic heterocycles. The van der Waals surface area contributed by atoms with Crippen molar-refractivity contribution in [2.45, 2.75) is 6.92 Å². The summed E-state index contributed by atoms with van der Waals surface area (Å²) in [5, 5.41) is 0.743. The van der Waals surface area contributed by atoms with Crippen LogP contribution in [0.2, 0.25) is 5.02 Å². The predicted octanol–water partition coefficient (Wildman–Crippen LogP) is 3.73. The molecule has 6 heteroatoms. The highest BCUT2D eigenvalue weighted by molar-refractivity contribution is 6.30. The number of piperazine rings is 1. The molecule has 0 atom stereocenters. The molecule has 1 fully saturated rings. The Bertz CT molecular complexity index is 974. The van der Waals surface area contributed by atoms with Crippen molar-refractivity contribution in [2.75, 3.05) is 36.0 Å². The van der Waals surface area contributed by atoms with Gasteiger partial charge in [0.15, 0.2) is 0 Å². The number of H-pyrrole nitrogens is 1. The number of aryl methyl sites for hydroxylation is 1. The second-order valence-corrected chi connectivity index (χ2v) is 7.21. The maximum atomic E-state index is 12.2. The number of anilines is 2. The van der Waals surface area contributed by atoms with Gasteiger partial charge in [-0.15, -0.1) is 0 Å². The fourth-order valence-electron chi connectivity index (χ4n) is 3.30. The Morgan fingerprint density at radius 3 is 2.22 bits per heavy atom. The molecule has 0 amide bonds. The van der Waals surface area contributed by atoms with Crippen LogP contribution >= 0.6 is 11.6 Å². The average Bonchev–Trinajstić information content (AvgIpc) is 2.69. The van der Waals surface area contributed by atoms with Gasteiger partial charge >= 0.3 is 0 Å². The van der Waals surface area contributed by atoms with Gasteiger partial charge in [0.05, 0.1) is 5.69 Å². The van der Waals surface area contributed by atoms with Gasteiger partial charge in [0, 0.05) is 48.5 Å². The molecule has 1 aromatic heterocycles. The molecule has 0 saturated carbocycles. The van der Waals surface area contributed by atoms with Crippen molar-refractivity contribution in [3.05, 3.63) is 75.5 Å². The summed E-state index contributed by atoms with van der Waals surface area (Å²) < 4.78 is 0. The molecular formula is C21H21ClN4O. The largest absolute Gasteiger partial charge is 0.368 e. The topological polar surface area (TPSA) is 52.2 Å². The third kappa shape index (κ3) is 3.98. The Balaban J connectivity index is 1.52. The number of benzene rings is 2. The second-order valence-electron chi connectivity index (χ2n) is 6.77. The van der Waals surface area contributed by atoms with Crippen LogP contribution in [-0.2, 0) is 0 Å². The Hall–Kier alpha value is -2.79. The molecule has 2 heterocycles. The van der Waals surface area contributed by atoms with Gasteiger partial charge in [-0.05, 0) is 31.2 Å². The van der Waals surface area contributed by atoms with E-state index in [0.29, 0.717) is 11.6 Å². The lowest BCUT2D eigenvalue weighted by Gasteiger charge is -2.36. The summed E-state index contributed by atoms with van der Waals surface area (Å²) in [5.41, 5.74) is 3.87. The molecule has 27 heavy (non-hydrogen) atoms. The van der Waals surface area contributed by atoms with Gasteiger partial charge in [0.25, 0.3) is 5.56 Å². The molecule has 0 spiro atoms. The van der Waals surface area contributed by atoms with Crippen LogP contribution in [0.25, 0.3) is 11.3 Å². The number of nitrogens with zero attached hydrogens (tertiary/aromatic N) is 3. The van der Waals surface area contributed by atoms with Crippen molar-refractivity contribution in [3.63, 3.8) is 0 Å². The molecule has 4 rings (SSSR count). The molecule has 0 radical (unpaired) electrons.